The van der Waals surface area contributed by atoms with E-state index in [1.165, 1.54) is 26.4 Å². The predicted octanol–water partition coefficient (Wildman–Crippen LogP) is 3.16. The molecule has 0 aromatic heterocycles. The highest BCUT2D eigenvalue weighted by atomic mass is 16.5. The first-order chi connectivity index (χ1) is 14.3. The highest BCUT2D eigenvalue weighted by molar-refractivity contribution is 6.09. The minimum atomic E-state index is -0.441. The molecule has 0 atom stereocenters. The SMILES string of the molecule is COC(=O)C=CN(C)c1ccc(C(=O)c2ccc(N(C)C=CC(=O)OC)cc2)cc1. The van der Waals surface area contributed by atoms with Crippen LogP contribution < -0.4 is 9.80 Å². The molecule has 7 nitrogen and oxygen atoms in total. The van der Waals surface area contributed by atoms with Gasteiger partial charge >= 0.3 is 11.9 Å². The number of carbonyl (C=O) groups excluding carboxylic acids is 3. The van der Waals surface area contributed by atoms with Gasteiger partial charge in [-0.25, -0.2) is 9.59 Å². The van der Waals surface area contributed by atoms with E-state index in [1.54, 1.807) is 84.8 Å². The normalized spacial score (nSPS) is 10.8. The van der Waals surface area contributed by atoms with Crippen molar-refractivity contribution in [2.45, 2.75) is 0 Å². The molecule has 0 amide bonds. The Hall–Kier alpha value is -3.87. The number of nitrogens with zero attached hydrogens (tertiary/aromatic N) is 2. The van der Waals surface area contributed by atoms with Crippen LogP contribution in [0.5, 0.6) is 0 Å². The van der Waals surface area contributed by atoms with Gasteiger partial charge in [-0.15, -0.1) is 0 Å². The second kappa shape index (κ2) is 10.6. The smallest absolute Gasteiger partial charge is 0.331 e. The van der Waals surface area contributed by atoms with Gasteiger partial charge in [0, 0.05) is 61.1 Å². The molecule has 0 bridgehead atoms. The maximum Gasteiger partial charge on any atom is 0.331 e. The van der Waals surface area contributed by atoms with Crippen LogP contribution in [0.15, 0.2) is 73.1 Å². The lowest BCUT2D eigenvalue weighted by Gasteiger charge is -2.15. The number of esters is 2. The first-order valence-corrected chi connectivity index (χ1v) is 9.08. The zero-order valence-corrected chi connectivity index (χ0v) is 17.4. The fourth-order valence-electron chi connectivity index (χ4n) is 2.52. The highest BCUT2D eigenvalue weighted by Crippen LogP contribution is 2.19. The minimum Gasteiger partial charge on any atom is -0.466 e. The van der Waals surface area contributed by atoms with Gasteiger partial charge in [-0.3, -0.25) is 4.79 Å². The van der Waals surface area contributed by atoms with E-state index in [2.05, 4.69) is 9.47 Å². The summed E-state index contributed by atoms with van der Waals surface area (Å²) in [5.74, 6) is -0.985. The van der Waals surface area contributed by atoms with E-state index >= 15 is 0 Å². The van der Waals surface area contributed by atoms with Crippen molar-refractivity contribution in [3.63, 3.8) is 0 Å². The molecule has 0 saturated carbocycles. The van der Waals surface area contributed by atoms with Crippen LogP contribution in [0.1, 0.15) is 15.9 Å². The van der Waals surface area contributed by atoms with Crippen molar-refractivity contribution in [2.75, 3.05) is 38.1 Å². The first kappa shape index (κ1) is 22.4. The van der Waals surface area contributed by atoms with Gasteiger partial charge in [-0.05, 0) is 48.5 Å². The topological polar surface area (TPSA) is 76.2 Å². The standard InChI is InChI=1S/C23H24N2O5/c1-24(15-13-21(26)29-3)19-9-5-17(6-10-19)23(28)18-7-11-20(12-8-18)25(2)16-14-22(27)30-4/h5-16H,1-4H3. The molecule has 0 unspecified atom stereocenters. The third kappa shape index (κ3) is 6.07. The van der Waals surface area contributed by atoms with E-state index in [0.717, 1.165) is 11.4 Å². The second-order valence-corrected chi connectivity index (χ2v) is 6.32. The van der Waals surface area contributed by atoms with Gasteiger partial charge in [-0.2, -0.15) is 0 Å². The van der Waals surface area contributed by atoms with Crippen LogP contribution in [0.2, 0.25) is 0 Å². The monoisotopic (exact) mass is 408 g/mol. The van der Waals surface area contributed by atoms with Crippen molar-refractivity contribution >= 4 is 29.1 Å². The molecule has 0 saturated heterocycles. The Morgan fingerprint density at radius 1 is 0.667 bits per heavy atom. The number of hydrogen-bond acceptors (Lipinski definition) is 7. The number of rotatable bonds is 8. The minimum absolute atomic E-state index is 0.103. The highest BCUT2D eigenvalue weighted by Gasteiger charge is 2.10. The van der Waals surface area contributed by atoms with Crippen molar-refractivity contribution in [1.29, 1.82) is 0 Å². The lowest BCUT2D eigenvalue weighted by molar-refractivity contribution is -0.135. The Labute approximate surface area is 175 Å². The van der Waals surface area contributed by atoms with Gasteiger partial charge in [0.05, 0.1) is 14.2 Å². The lowest BCUT2D eigenvalue weighted by atomic mass is 10.0. The molecule has 0 fully saturated rings. The van der Waals surface area contributed by atoms with Crippen molar-refractivity contribution < 1.29 is 23.9 Å². The summed E-state index contributed by atoms with van der Waals surface area (Å²) in [7, 11) is 6.22. The summed E-state index contributed by atoms with van der Waals surface area (Å²) in [6.07, 6.45) is 5.81. The quantitative estimate of drug-likeness (QED) is 0.377. The van der Waals surface area contributed by atoms with Crippen LogP contribution in [-0.4, -0.2) is 46.0 Å². The summed E-state index contributed by atoms with van der Waals surface area (Å²) in [6.45, 7) is 0. The van der Waals surface area contributed by atoms with Gasteiger partial charge in [-0.1, -0.05) is 0 Å². The Kier molecular flexibility index (Phi) is 7.93. The Bertz CT molecular complexity index is 869. The van der Waals surface area contributed by atoms with E-state index in [1.807, 2.05) is 0 Å². The van der Waals surface area contributed by atoms with Crippen molar-refractivity contribution in [1.82, 2.24) is 0 Å². The summed E-state index contributed by atoms with van der Waals surface area (Å²) < 4.78 is 9.13. The number of hydrogen-bond donors (Lipinski definition) is 0. The van der Waals surface area contributed by atoms with E-state index in [0.29, 0.717) is 11.1 Å². The number of anilines is 2. The molecule has 7 heteroatoms. The molecule has 0 heterocycles. The van der Waals surface area contributed by atoms with Crippen LogP contribution in [0.4, 0.5) is 11.4 Å². The number of methoxy groups -OCH3 is 2. The molecule has 0 aliphatic rings. The zero-order valence-electron chi connectivity index (χ0n) is 17.4. The molecule has 0 spiro atoms. The summed E-state index contributed by atoms with van der Waals surface area (Å²) in [4.78, 5) is 38.6. The summed E-state index contributed by atoms with van der Waals surface area (Å²) >= 11 is 0. The third-order valence-corrected chi connectivity index (χ3v) is 4.34. The Balaban J connectivity index is 2.08. The molecule has 0 aliphatic carbocycles. The van der Waals surface area contributed by atoms with Crippen LogP contribution in [0.3, 0.4) is 0 Å². The average molecular weight is 408 g/mol. The van der Waals surface area contributed by atoms with Gasteiger partial charge < -0.3 is 19.3 Å². The number of ether oxygens (including phenoxy) is 2. The first-order valence-electron chi connectivity index (χ1n) is 9.08. The Morgan fingerprint density at radius 2 is 1.00 bits per heavy atom. The van der Waals surface area contributed by atoms with Crippen LogP contribution in [0, 0.1) is 0 Å². The molecule has 0 aliphatic heterocycles. The predicted molar refractivity (Wildman–Crippen MR) is 115 cm³/mol. The molecule has 156 valence electrons. The van der Waals surface area contributed by atoms with Gasteiger partial charge in [0.25, 0.3) is 0 Å². The zero-order chi connectivity index (χ0) is 22.1. The summed E-state index contributed by atoms with van der Waals surface area (Å²) in [6, 6.07) is 14.1. The summed E-state index contributed by atoms with van der Waals surface area (Å²) in [5.41, 5.74) is 2.74. The number of carbonyl (C=O) groups is 3. The van der Waals surface area contributed by atoms with E-state index < -0.39 is 11.9 Å². The molecule has 2 aromatic carbocycles. The van der Waals surface area contributed by atoms with Crippen LogP contribution in [0.25, 0.3) is 0 Å². The molecular weight excluding hydrogens is 384 g/mol. The van der Waals surface area contributed by atoms with Crippen LogP contribution in [-0.2, 0) is 19.1 Å². The van der Waals surface area contributed by atoms with Crippen molar-refractivity contribution in [2.24, 2.45) is 0 Å². The number of ketones is 1. The molecule has 0 radical (unpaired) electrons. The maximum atomic E-state index is 12.7. The number of benzene rings is 2. The van der Waals surface area contributed by atoms with Gasteiger partial charge in [0.2, 0.25) is 0 Å². The van der Waals surface area contributed by atoms with Crippen molar-refractivity contribution in [3.8, 4) is 0 Å². The average Bonchev–Trinajstić information content (AvgIpc) is 2.80. The molecule has 2 aromatic rings. The third-order valence-electron chi connectivity index (χ3n) is 4.34. The lowest BCUT2D eigenvalue weighted by Crippen LogP contribution is -2.10. The fraction of sp³-hybridized carbons (Fsp3) is 0.174. The molecule has 0 N–H and O–H groups in total. The van der Waals surface area contributed by atoms with Crippen LogP contribution >= 0.6 is 0 Å². The van der Waals surface area contributed by atoms with E-state index in [4.69, 9.17) is 0 Å². The largest absolute Gasteiger partial charge is 0.466 e. The Morgan fingerprint density at radius 3 is 1.30 bits per heavy atom. The molecular formula is C23H24N2O5. The van der Waals surface area contributed by atoms with E-state index in [-0.39, 0.29) is 5.78 Å². The fourth-order valence-corrected chi connectivity index (χ4v) is 2.52. The van der Waals surface area contributed by atoms with E-state index in [9.17, 15) is 14.4 Å². The van der Waals surface area contributed by atoms with Gasteiger partial charge in [0.1, 0.15) is 0 Å². The summed E-state index contributed by atoms with van der Waals surface area (Å²) in [5, 5.41) is 0. The van der Waals surface area contributed by atoms with Crippen molar-refractivity contribution in [3.05, 3.63) is 84.2 Å². The second-order valence-electron chi connectivity index (χ2n) is 6.32. The van der Waals surface area contributed by atoms with Gasteiger partial charge in [0.15, 0.2) is 5.78 Å². The molecule has 30 heavy (non-hydrogen) atoms. The maximum absolute atomic E-state index is 12.7. The molecule has 2 rings (SSSR count).